The average molecular weight is 217 g/mol. The summed E-state index contributed by atoms with van der Waals surface area (Å²) in [6.07, 6.45) is 1.42. The Balaban J connectivity index is 0.000000791. The predicted octanol–water partition coefficient (Wildman–Crippen LogP) is 3.49. The van der Waals surface area contributed by atoms with Gasteiger partial charge < -0.3 is 5.32 Å². The minimum absolute atomic E-state index is 0.571. The van der Waals surface area contributed by atoms with Crippen LogP contribution in [0.5, 0.6) is 0 Å². The van der Waals surface area contributed by atoms with Gasteiger partial charge >= 0.3 is 0 Å². The highest BCUT2D eigenvalue weighted by atomic mass is 32.3. The first-order valence-electron chi connectivity index (χ1n) is 4.55. The molecule has 1 rings (SSSR count). The van der Waals surface area contributed by atoms with E-state index in [1.54, 1.807) is 12.1 Å². The Morgan fingerprint density at radius 1 is 1.07 bits per heavy atom. The zero-order valence-corrected chi connectivity index (χ0v) is 9.93. The molecule has 0 aliphatic carbocycles. The van der Waals surface area contributed by atoms with Crippen LogP contribution in [0.25, 0.3) is 0 Å². The molecular weight excluding hydrogens is 198 g/mol. The van der Waals surface area contributed by atoms with Crippen LogP contribution in [0.3, 0.4) is 0 Å². The molecule has 0 aliphatic rings. The van der Waals surface area contributed by atoms with Gasteiger partial charge in [0.1, 0.15) is 0 Å². The third-order valence-corrected chi connectivity index (χ3v) is 2.75. The second-order valence-corrected chi connectivity index (χ2v) is 4.75. The molecule has 0 aromatic heterocycles. The van der Waals surface area contributed by atoms with E-state index in [2.05, 4.69) is 5.32 Å². The molecular formula is C10H19NO2S. The number of anilines is 1. The van der Waals surface area contributed by atoms with Crippen LogP contribution < -0.4 is 5.32 Å². The van der Waals surface area contributed by atoms with Gasteiger partial charge in [0.25, 0.3) is 0 Å². The van der Waals surface area contributed by atoms with Crippen LogP contribution in [-0.2, 0) is 0 Å². The van der Waals surface area contributed by atoms with Crippen molar-refractivity contribution in [3.63, 3.8) is 0 Å². The second kappa shape index (κ2) is 5.90. The van der Waals surface area contributed by atoms with Crippen LogP contribution in [0, 0.1) is 0 Å². The van der Waals surface area contributed by atoms with E-state index in [-0.39, 0.29) is 0 Å². The molecule has 0 saturated heterocycles. The lowest BCUT2D eigenvalue weighted by atomic mass is 10.3. The minimum atomic E-state index is -2.56. The molecule has 1 aromatic rings. The second-order valence-electron chi connectivity index (χ2n) is 2.61. The maximum atomic E-state index is 9.27. The highest BCUT2D eigenvalue weighted by molar-refractivity contribution is 8.23. The Labute approximate surface area is 87.5 Å². The van der Waals surface area contributed by atoms with Crippen molar-refractivity contribution in [1.29, 1.82) is 0 Å². The van der Waals surface area contributed by atoms with Gasteiger partial charge in [0.2, 0.25) is 0 Å². The van der Waals surface area contributed by atoms with E-state index in [0.29, 0.717) is 4.90 Å². The summed E-state index contributed by atoms with van der Waals surface area (Å²) < 4.78 is 18.5. The average Bonchev–Trinajstić information content (AvgIpc) is 2.20. The van der Waals surface area contributed by atoms with Crippen molar-refractivity contribution in [2.75, 3.05) is 18.6 Å². The van der Waals surface area contributed by atoms with Crippen molar-refractivity contribution >= 4 is 16.3 Å². The van der Waals surface area contributed by atoms with Crippen molar-refractivity contribution in [2.45, 2.75) is 18.7 Å². The molecule has 0 unspecified atom stereocenters. The van der Waals surface area contributed by atoms with Crippen LogP contribution >= 0.6 is 10.6 Å². The minimum Gasteiger partial charge on any atom is -0.388 e. The quantitative estimate of drug-likeness (QED) is 0.710. The van der Waals surface area contributed by atoms with Gasteiger partial charge in [-0.05, 0) is 24.3 Å². The van der Waals surface area contributed by atoms with Crippen LogP contribution in [0.2, 0.25) is 0 Å². The monoisotopic (exact) mass is 217 g/mol. The Morgan fingerprint density at radius 2 is 1.50 bits per heavy atom. The maximum absolute atomic E-state index is 9.27. The topological polar surface area (TPSA) is 52.5 Å². The smallest absolute Gasteiger partial charge is 0.0582 e. The van der Waals surface area contributed by atoms with E-state index in [1.807, 2.05) is 33.0 Å². The number of nitrogens with one attached hydrogen (secondary N) is 1. The van der Waals surface area contributed by atoms with Crippen molar-refractivity contribution in [3.8, 4) is 0 Å². The fraction of sp³-hybridized carbons (Fsp3) is 0.400. The molecule has 3 nitrogen and oxygen atoms in total. The molecule has 82 valence electrons. The van der Waals surface area contributed by atoms with Gasteiger partial charge in [-0.3, -0.25) is 9.11 Å². The molecule has 3 N–H and O–H groups in total. The third kappa shape index (κ3) is 4.00. The summed E-state index contributed by atoms with van der Waals surface area (Å²) in [6.45, 7) is 4.00. The molecule has 0 radical (unpaired) electrons. The summed E-state index contributed by atoms with van der Waals surface area (Å²) in [4.78, 5) is 0.571. The van der Waals surface area contributed by atoms with Crippen LogP contribution in [0.1, 0.15) is 13.8 Å². The molecule has 0 aliphatic heterocycles. The fourth-order valence-electron chi connectivity index (χ4n) is 0.879. The third-order valence-electron chi connectivity index (χ3n) is 1.59. The summed E-state index contributed by atoms with van der Waals surface area (Å²) in [5.74, 6) is 0. The summed E-state index contributed by atoms with van der Waals surface area (Å²) in [5.41, 5.74) is 0.961. The van der Waals surface area contributed by atoms with Crippen molar-refractivity contribution in [2.24, 2.45) is 0 Å². The largest absolute Gasteiger partial charge is 0.388 e. The van der Waals surface area contributed by atoms with Crippen molar-refractivity contribution in [1.82, 2.24) is 0 Å². The van der Waals surface area contributed by atoms with E-state index in [4.69, 9.17) is 0 Å². The molecule has 0 amide bonds. The fourth-order valence-corrected chi connectivity index (χ4v) is 1.53. The molecule has 0 heterocycles. The first-order chi connectivity index (χ1) is 6.54. The maximum Gasteiger partial charge on any atom is 0.0582 e. The van der Waals surface area contributed by atoms with E-state index < -0.39 is 10.6 Å². The van der Waals surface area contributed by atoms with Gasteiger partial charge in [-0.15, -0.1) is 0 Å². The Kier molecular flexibility index (Phi) is 5.60. The SMILES string of the molecule is CC.CNc1ccc(S(C)(O)O)cc1. The lowest BCUT2D eigenvalue weighted by Crippen LogP contribution is -1.95. The van der Waals surface area contributed by atoms with E-state index in [9.17, 15) is 9.11 Å². The summed E-state index contributed by atoms with van der Waals surface area (Å²) in [7, 11) is -0.737. The van der Waals surface area contributed by atoms with Crippen LogP contribution in [-0.4, -0.2) is 22.4 Å². The van der Waals surface area contributed by atoms with Gasteiger partial charge in [-0.25, -0.2) is 0 Å². The van der Waals surface area contributed by atoms with Gasteiger partial charge in [-0.2, -0.15) is 10.6 Å². The van der Waals surface area contributed by atoms with Gasteiger partial charge in [-0.1, -0.05) is 13.8 Å². The molecule has 0 fully saturated rings. The first kappa shape index (κ1) is 13.3. The van der Waals surface area contributed by atoms with E-state index >= 15 is 0 Å². The summed E-state index contributed by atoms with van der Waals surface area (Å²) in [5, 5.41) is 2.95. The van der Waals surface area contributed by atoms with Crippen LogP contribution in [0.4, 0.5) is 5.69 Å². The molecule has 0 bridgehead atoms. The van der Waals surface area contributed by atoms with Crippen LogP contribution in [0.15, 0.2) is 29.2 Å². The Bertz CT molecular complexity index is 254. The molecule has 0 atom stereocenters. The highest BCUT2D eigenvalue weighted by Crippen LogP contribution is 2.43. The molecule has 14 heavy (non-hydrogen) atoms. The van der Waals surface area contributed by atoms with Gasteiger partial charge in [0.05, 0.1) is 4.90 Å². The van der Waals surface area contributed by atoms with E-state index in [1.165, 1.54) is 6.26 Å². The Hall–Kier alpha value is -0.710. The predicted molar refractivity (Wildman–Crippen MR) is 64.4 cm³/mol. The zero-order valence-electron chi connectivity index (χ0n) is 9.11. The number of rotatable bonds is 2. The van der Waals surface area contributed by atoms with E-state index in [0.717, 1.165) is 5.69 Å². The lowest BCUT2D eigenvalue weighted by Gasteiger charge is -2.26. The first-order valence-corrected chi connectivity index (χ1v) is 6.50. The zero-order chi connectivity index (χ0) is 11.2. The van der Waals surface area contributed by atoms with Crippen molar-refractivity contribution < 1.29 is 9.11 Å². The summed E-state index contributed by atoms with van der Waals surface area (Å²) in [6, 6.07) is 7.04. The lowest BCUT2D eigenvalue weighted by molar-refractivity contribution is 0.495. The highest BCUT2D eigenvalue weighted by Gasteiger charge is 2.06. The Morgan fingerprint density at radius 3 is 1.79 bits per heavy atom. The molecule has 0 saturated carbocycles. The summed E-state index contributed by atoms with van der Waals surface area (Å²) >= 11 is 0. The number of hydrogen-bond donors (Lipinski definition) is 3. The number of benzene rings is 1. The van der Waals surface area contributed by atoms with Crippen molar-refractivity contribution in [3.05, 3.63) is 24.3 Å². The molecule has 1 aromatic carbocycles. The number of hydrogen-bond acceptors (Lipinski definition) is 3. The normalized spacial score (nSPS) is 11.3. The molecule has 0 spiro atoms. The van der Waals surface area contributed by atoms with Gasteiger partial charge in [0, 0.05) is 19.0 Å². The van der Waals surface area contributed by atoms with Gasteiger partial charge in [0.15, 0.2) is 0 Å². The standard InChI is InChI=1S/C8H13NO2S.C2H6/c1-9-7-3-5-8(6-4-7)12(2,10)11;1-2/h3-6,9-11H,1-2H3;1-2H3. The molecule has 4 heteroatoms.